The number of ether oxygens (including phenoxy) is 1. The Morgan fingerprint density at radius 3 is 1.70 bits per heavy atom. The summed E-state index contributed by atoms with van der Waals surface area (Å²) in [5.41, 5.74) is -0.553. The van der Waals surface area contributed by atoms with Gasteiger partial charge in [0.25, 0.3) is 5.91 Å². The van der Waals surface area contributed by atoms with Crippen LogP contribution >= 0.6 is 0 Å². The van der Waals surface area contributed by atoms with Gasteiger partial charge in [0.1, 0.15) is 0 Å². The van der Waals surface area contributed by atoms with E-state index in [-0.39, 0.29) is 11.9 Å². The number of benzene rings is 3. The molecule has 0 saturated carbocycles. The standard InChI is InChI=1S/C25H25NO4/c1-19(2)26(22-16-10-5-11-17-22)23(27)18-30-24(28)25(29,20-12-6-3-7-13-20)21-14-8-4-9-15-21/h3-17,19,29H,18H2,1-2H3. The molecule has 5 nitrogen and oxygen atoms in total. The number of rotatable bonds is 7. The quantitative estimate of drug-likeness (QED) is 0.608. The molecule has 0 bridgehead atoms. The van der Waals surface area contributed by atoms with Gasteiger partial charge in [-0.1, -0.05) is 78.9 Å². The van der Waals surface area contributed by atoms with E-state index in [2.05, 4.69) is 0 Å². The van der Waals surface area contributed by atoms with Gasteiger partial charge in [0.15, 0.2) is 6.61 Å². The van der Waals surface area contributed by atoms with Crippen molar-refractivity contribution in [1.82, 2.24) is 0 Å². The number of carbonyl (C=O) groups excluding carboxylic acids is 2. The zero-order valence-corrected chi connectivity index (χ0v) is 17.1. The van der Waals surface area contributed by atoms with Gasteiger partial charge in [-0.05, 0) is 37.1 Å². The van der Waals surface area contributed by atoms with Crippen molar-refractivity contribution in [2.24, 2.45) is 0 Å². The maximum absolute atomic E-state index is 13.1. The van der Waals surface area contributed by atoms with E-state index in [9.17, 15) is 14.7 Å². The van der Waals surface area contributed by atoms with Gasteiger partial charge in [-0.15, -0.1) is 0 Å². The minimum absolute atomic E-state index is 0.124. The molecule has 3 rings (SSSR count). The molecule has 0 aromatic heterocycles. The first-order chi connectivity index (χ1) is 14.4. The lowest BCUT2D eigenvalue weighted by molar-refractivity contribution is -0.164. The molecule has 3 aromatic carbocycles. The van der Waals surface area contributed by atoms with Gasteiger partial charge >= 0.3 is 5.97 Å². The second kappa shape index (κ2) is 9.37. The lowest BCUT2D eigenvalue weighted by atomic mass is 9.86. The predicted molar refractivity (Wildman–Crippen MR) is 116 cm³/mol. The van der Waals surface area contributed by atoms with Gasteiger partial charge in [0.05, 0.1) is 0 Å². The Kier molecular flexibility index (Phi) is 6.65. The molecule has 0 unspecified atom stereocenters. The molecule has 5 heteroatoms. The Balaban J connectivity index is 1.84. The molecule has 0 saturated heterocycles. The summed E-state index contributed by atoms with van der Waals surface area (Å²) in [4.78, 5) is 27.5. The Labute approximate surface area is 176 Å². The molecule has 0 aliphatic carbocycles. The zero-order chi connectivity index (χ0) is 21.6. The van der Waals surface area contributed by atoms with Crippen LogP contribution in [0.3, 0.4) is 0 Å². The molecule has 0 radical (unpaired) electrons. The first kappa shape index (κ1) is 21.3. The molecular formula is C25H25NO4. The normalized spacial score (nSPS) is 11.2. The van der Waals surface area contributed by atoms with Gasteiger partial charge in [0, 0.05) is 11.7 Å². The van der Waals surface area contributed by atoms with Crippen molar-refractivity contribution in [3.63, 3.8) is 0 Å². The number of hydrogen-bond acceptors (Lipinski definition) is 4. The Morgan fingerprint density at radius 2 is 1.27 bits per heavy atom. The number of aliphatic hydroxyl groups is 1. The van der Waals surface area contributed by atoms with Crippen LogP contribution in [-0.2, 0) is 19.9 Å². The highest BCUT2D eigenvalue weighted by molar-refractivity contribution is 5.96. The summed E-state index contributed by atoms with van der Waals surface area (Å²) in [6.07, 6.45) is 0. The van der Waals surface area contributed by atoms with Crippen molar-refractivity contribution in [2.75, 3.05) is 11.5 Å². The Bertz CT molecular complexity index is 932. The van der Waals surface area contributed by atoms with Crippen LogP contribution in [0.4, 0.5) is 5.69 Å². The third-order valence-corrected chi connectivity index (χ3v) is 4.82. The lowest BCUT2D eigenvalue weighted by Gasteiger charge is -2.29. The first-order valence-corrected chi connectivity index (χ1v) is 9.82. The molecule has 1 amide bonds. The summed E-state index contributed by atoms with van der Waals surface area (Å²) >= 11 is 0. The van der Waals surface area contributed by atoms with Crippen LogP contribution in [0.5, 0.6) is 0 Å². The minimum atomic E-state index is -2.02. The highest BCUT2D eigenvalue weighted by atomic mass is 16.6. The molecule has 0 heterocycles. The molecule has 0 aliphatic rings. The minimum Gasteiger partial charge on any atom is -0.453 e. The predicted octanol–water partition coefficient (Wildman–Crippen LogP) is 3.91. The maximum atomic E-state index is 13.1. The fourth-order valence-corrected chi connectivity index (χ4v) is 3.38. The fraction of sp³-hybridized carbons (Fsp3) is 0.200. The van der Waals surface area contributed by atoms with Gasteiger partial charge in [-0.2, -0.15) is 0 Å². The van der Waals surface area contributed by atoms with E-state index in [0.29, 0.717) is 11.1 Å². The van der Waals surface area contributed by atoms with Gasteiger partial charge in [0.2, 0.25) is 5.60 Å². The molecule has 154 valence electrons. The van der Waals surface area contributed by atoms with Crippen molar-refractivity contribution in [3.05, 3.63) is 102 Å². The molecule has 1 N–H and O–H groups in total. The third-order valence-electron chi connectivity index (χ3n) is 4.82. The molecule has 0 atom stereocenters. The van der Waals surface area contributed by atoms with E-state index in [1.165, 1.54) is 0 Å². The maximum Gasteiger partial charge on any atom is 0.348 e. The number of anilines is 1. The highest BCUT2D eigenvalue weighted by Crippen LogP contribution is 2.31. The van der Waals surface area contributed by atoms with E-state index >= 15 is 0 Å². The number of hydrogen-bond donors (Lipinski definition) is 1. The molecule has 3 aromatic rings. The SMILES string of the molecule is CC(C)N(C(=O)COC(=O)C(O)(c1ccccc1)c1ccccc1)c1ccccc1. The average molecular weight is 403 g/mol. The first-order valence-electron chi connectivity index (χ1n) is 9.82. The van der Waals surface area contributed by atoms with Crippen molar-refractivity contribution in [3.8, 4) is 0 Å². The van der Waals surface area contributed by atoms with Crippen molar-refractivity contribution in [1.29, 1.82) is 0 Å². The molecule has 0 spiro atoms. The van der Waals surface area contributed by atoms with Crippen LogP contribution in [0, 0.1) is 0 Å². The Morgan fingerprint density at radius 1 is 0.833 bits per heavy atom. The molecule has 0 fully saturated rings. The smallest absolute Gasteiger partial charge is 0.348 e. The van der Waals surface area contributed by atoms with Gasteiger partial charge in [-0.25, -0.2) is 4.79 Å². The summed E-state index contributed by atoms with van der Waals surface area (Å²) < 4.78 is 5.35. The number of esters is 1. The van der Waals surface area contributed by atoms with Crippen molar-refractivity contribution in [2.45, 2.75) is 25.5 Å². The van der Waals surface area contributed by atoms with Crippen LogP contribution in [0.25, 0.3) is 0 Å². The van der Waals surface area contributed by atoms with Crippen molar-refractivity contribution < 1.29 is 19.4 Å². The monoisotopic (exact) mass is 403 g/mol. The highest BCUT2D eigenvalue weighted by Gasteiger charge is 2.42. The fourth-order valence-electron chi connectivity index (χ4n) is 3.38. The summed E-state index contributed by atoms with van der Waals surface area (Å²) in [6.45, 7) is 3.29. The number of amides is 1. The average Bonchev–Trinajstić information content (AvgIpc) is 2.78. The van der Waals surface area contributed by atoms with Crippen LogP contribution in [0.15, 0.2) is 91.0 Å². The van der Waals surface area contributed by atoms with Crippen LogP contribution in [-0.4, -0.2) is 29.6 Å². The molecule has 0 aliphatic heterocycles. The lowest BCUT2D eigenvalue weighted by Crippen LogP contribution is -2.43. The second-order valence-corrected chi connectivity index (χ2v) is 7.21. The summed E-state index contributed by atoms with van der Waals surface area (Å²) in [5.74, 6) is -1.27. The summed E-state index contributed by atoms with van der Waals surface area (Å²) in [6, 6.07) is 26.2. The molecule has 30 heavy (non-hydrogen) atoms. The second-order valence-electron chi connectivity index (χ2n) is 7.21. The number of nitrogens with zero attached hydrogens (tertiary/aromatic N) is 1. The summed E-state index contributed by atoms with van der Waals surface area (Å²) in [5, 5.41) is 11.4. The van der Waals surface area contributed by atoms with Crippen LogP contribution in [0.2, 0.25) is 0 Å². The van der Waals surface area contributed by atoms with E-state index in [0.717, 1.165) is 5.69 Å². The number of para-hydroxylation sites is 1. The van der Waals surface area contributed by atoms with Gasteiger partial charge in [-0.3, -0.25) is 4.79 Å². The van der Waals surface area contributed by atoms with E-state index in [1.54, 1.807) is 65.6 Å². The largest absolute Gasteiger partial charge is 0.453 e. The van der Waals surface area contributed by atoms with E-state index in [4.69, 9.17) is 4.74 Å². The topological polar surface area (TPSA) is 66.8 Å². The zero-order valence-electron chi connectivity index (χ0n) is 17.1. The van der Waals surface area contributed by atoms with Gasteiger partial charge < -0.3 is 14.7 Å². The summed E-state index contributed by atoms with van der Waals surface area (Å²) in [7, 11) is 0. The van der Waals surface area contributed by atoms with E-state index < -0.39 is 18.2 Å². The van der Waals surface area contributed by atoms with Crippen LogP contribution in [0.1, 0.15) is 25.0 Å². The Hall–Kier alpha value is -3.44. The molecular weight excluding hydrogens is 378 g/mol. The van der Waals surface area contributed by atoms with E-state index in [1.807, 2.05) is 44.2 Å². The van der Waals surface area contributed by atoms with Crippen LogP contribution < -0.4 is 4.90 Å². The number of carbonyl (C=O) groups is 2. The van der Waals surface area contributed by atoms with Crippen molar-refractivity contribution >= 4 is 17.6 Å². The third kappa shape index (κ3) is 4.42.